The Kier molecular flexibility index (Phi) is 3.60. The van der Waals surface area contributed by atoms with Gasteiger partial charge in [-0.2, -0.15) is 0 Å². The molecule has 1 aromatic heterocycles. The Balaban J connectivity index is 2.24. The van der Waals surface area contributed by atoms with Gasteiger partial charge in [0.1, 0.15) is 10.5 Å². The summed E-state index contributed by atoms with van der Waals surface area (Å²) in [6.45, 7) is 6.26. The maximum atomic E-state index is 5.41. The molecule has 0 amide bonds. The van der Waals surface area contributed by atoms with Crippen molar-refractivity contribution in [3.8, 4) is 11.3 Å². The van der Waals surface area contributed by atoms with Crippen LogP contribution >= 0.6 is 12.2 Å². The molecule has 21 heavy (non-hydrogen) atoms. The van der Waals surface area contributed by atoms with Crippen molar-refractivity contribution < 1.29 is 0 Å². The topological polar surface area (TPSA) is 28.7 Å². The van der Waals surface area contributed by atoms with Gasteiger partial charge in [0.05, 0.1) is 5.69 Å². The van der Waals surface area contributed by atoms with Crippen molar-refractivity contribution in [2.45, 2.75) is 26.7 Å². The van der Waals surface area contributed by atoms with Gasteiger partial charge in [-0.15, -0.1) is 0 Å². The predicted octanol–water partition coefficient (Wildman–Crippen LogP) is 5.39. The third-order valence-electron chi connectivity index (χ3n) is 3.76. The Morgan fingerprint density at radius 3 is 2.48 bits per heavy atom. The largest absolute Gasteiger partial charge is 0.343 e. The molecule has 3 heteroatoms. The Morgan fingerprint density at radius 2 is 1.76 bits per heavy atom. The minimum Gasteiger partial charge on any atom is -0.343 e. The molecule has 3 rings (SSSR count). The van der Waals surface area contributed by atoms with Gasteiger partial charge in [0.2, 0.25) is 0 Å². The molecule has 0 spiro atoms. The van der Waals surface area contributed by atoms with Gasteiger partial charge in [-0.1, -0.05) is 62.5 Å². The first-order valence-corrected chi connectivity index (χ1v) is 7.57. The minimum atomic E-state index is 0.325. The van der Waals surface area contributed by atoms with Gasteiger partial charge >= 0.3 is 0 Å². The number of nitrogens with one attached hydrogen (secondary N) is 1. The van der Waals surface area contributed by atoms with Crippen LogP contribution in [-0.2, 0) is 0 Å². The maximum Gasteiger partial charge on any atom is 0.133 e. The number of hydrogen-bond acceptors (Lipinski definition) is 2. The van der Waals surface area contributed by atoms with Crippen molar-refractivity contribution in [1.29, 1.82) is 0 Å². The van der Waals surface area contributed by atoms with E-state index in [0.717, 1.165) is 22.6 Å². The molecule has 2 aromatic carbocycles. The number of H-pyrrole nitrogens is 1. The highest BCUT2D eigenvalue weighted by Gasteiger charge is 2.10. The molecule has 0 saturated heterocycles. The van der Waals surface area contributed by atoms with Crippen LogP contribution in [0.15, 0.2) is 42.5 Å². The van der Waals surface area contributed by atoms with Gasteiger partial charge in [-0.3, -0.25) is 0 Å². The predicted molar refractivity (Wildman–Crippen MR) is 91.2 cm³/mol. The molecule has 0 aliphatic carbocycles. The molecule has 1 heterocycles. The van der Waals surface area contributed by atoms with E-state index in [2.05, 4.69) is 66.3 Å². The lowest BCUT2D eigenvalue weighted by Crippen LogP contribution is -2.02. The van der Waals surface area contributed by atoms with Gasteiger partial charge in [-0.25, -0.2) is 4.98 Å². The van der Waals surface area contributed by atoms with Gasteiger partial charge in [-0.05, 0) is 29.3 Å². The summed E-state index contributed by atoms with van der Waals surface area (Å²) in [4.78, 5) is 7.94. The summed E-state index contributed by atoms with van der Waals surface area (Å²) in [5.41, 5.74) is 3.26. The molecule has 0 aliphatic heterocycles. The van der Waals surface area contributed by atoms with Crippen LogP contribution in [0.1, 0.15) is 31.2 Å². The summed E-state index contributed by atoms with van der Waals surface area (Å²) < 4.78 is 0.681. The van der Waals surface area contributed by atoms with Crippen LogP contribution in [-0.4, -0.2) is 9.97 Å². The summed E-state index contributed by atoms with van der Waals surface area (Å²) >= 11 is 5.41. The normalized spacial score (nSPS) is 11.2. The van der Waals surface area contributed by atoms with E-state index in [9.17, 15) is 0 Å². The Bertz CT molecular complexity index is 862. The van der Waals surface area contributed by atoms with Crippen molar-refractivity contribution in [1.82, 2.24) is 9.97 Å². The summed E-state index contributed by atoms with van der Waals surface area (Å²) in [5, 5.41) is 2.48. The van der Waals surface area contributed by atoms with E-state index < -0.39 is 0 Å². The van der Waals surface area contributed by atoms with Crippen molar-refractivity contribution in [2.75, 3.05) is 0 Å². The van der Waals surface area contributed by atoms with E-state index in [1.54, 1.807) is 0 Å². The number of fused-ring (bicyclic) bond motifs is 1. The van der Waals surface area contributed by atoms with E-state index in [1.807, 2.05) is 6.92 Å². The number of rotatable bonds is 2. The Hall–Kier alpha value is -2.00. The molecule has 0 saturated carbocycles. The molecule has 0 fully saturated rings. The summed E-state index contributed by atoms with van der Waals surface area (Å²) in [6, 6.07) is 14.9. The molecule has 0 radical (unpaired) electrons. The number of hydrogen-bond donors (Lipinski definition) is 1. The van der Waals surface area contributed by atoms with E-state index >= 15 is 0 Å². The first-order chi connectivity index (χ1) is 10.1. The molecular formula is C18H18N2S. The second-order valence-corrected chi connectivity index (χ2v) is 6.03. The highest BCUT2D eigenvalue weighted by molar-refractivity contribution is 7.71. The van der Waals surface area contributed by atoms with Gasteiger partial charge in [0.25, 0.3) is 0 Å². The van der Waals surface area contributed by atoms with E-state index in [0.29, 0.717) is 10.6 Å². The van der Waals surface area contributed by atoms with Crippen molar-refractivity contribution >= 4 is 23.0 Å². The van der Waals surface area contributed by atoms with Gasteiger partial charge < -0.3 is 4.98 Å². The van der Waals surface area contributed by atoms with Crippen LogP contribution in [0.2, 0.25) is 0 Å². The standard InChI is InChI=1S/C18H18N2S/c1-11(2)17-19-16(12(3)18(21)20-17)15-9-8-13-6-4-5-7-14(13)10-15/h4-11H,1-3H3,(H,19,20,21). The summed E-state index contributed by atoms with van der Waals surface area (Å²) in [7, 11) is 0. The second kappa shape index (κ2) is 5.41. The maximum absolute atomic E-state index is 5.41. The third-order valence-corrected chi connectivity index (χ3v) is 4.15. The lowest BCUT2D eigenvalue weighted by molar-refractivity contribution is 0.770. The fourth-order valence-corrected chi connectivity index (χ4v) is 2.66. The highest BCUT2D eigenvalue weighted by atomic mass is 32.1. The second-order valence-electron chi connectivity index (χ2n) is 5.64. The monoisotopic (exact) mass is 294 g/mol. The van der Waals surface area contributed by atoms with Crippen LogP contribution in [0, 0.1) is 11.6 Å². The zero-order chi connectivity index (χ0) is 15.0. The lowest BCUT2D eigenvalue weighted by atomic mass is 10.0. The van der Waals surface area contributed by atoms with Crippen LogP contribution < -0.4 is 0 Å². The SMILES string of the molecule is Cc1c(-c2ccc3ccccc3c2)[nH]c(C(C)C)nc1=S. The Labute approximate surface area is 129 Å². The van der Waals surface area contributed by atoms with Crippen molar-refractivity contribution in [3.63, 3.8) is 0 Å². The van der Waals surface area contributed by atoms with Gasteiger partial charge in [0, 0.05) is 11.5 Å². The zero-order valence-electron chi connectivity index (χ0n) is 12.5. The number of aromatic nitrogens is 2. The van der Waals surface area contributed by atoms with Crippen molar-refractivity contribution in [3.05, 3.63) is 58.5 Å². The summed E-state index contributed by atoms with van der Waals surface area (Å²) in [6.07, 6.45) is 0. The summed E-state index contributed by atoms with van der Waals surface area (Å²) in [5.74, 6) is 1.26. The first kappa shape index (κ1) is 14.0. The average molecular weight is 294 g/mol. The van der Waals surface area contributed by atoms with E-state index in [1.165, 1.54) is 10.8 Å². The molecule has 106 valence electrons. The number of benzene rings is 2. The molecule has 2 nitrogen and oxygen atoms in total. The molecule has 1 N–H and O–H groups in total. The fraction of sp³-hybridized carbons (Fsp3) is 0.222. The molecule has 0 bridgehead atoms. The molecule has 3 aromatic rings. The van der Waals surface area contributed by atoms with Crippen LogP contribution in [0.25, 0.3) is 22.0 Å². The quantitative estimate of drug-likeness (QED) is 0.642. The minimum absolute atomic E-state index is 0.325. The molecule has 0 atom stereocenters. The third kappa shape index (κ3) is 2.61. The zero-order valence-corrected chi connectivity index (χ0v) is 13.3. The first-order valence-electron chi connectivity index (χ1n) is 7.16. The van der Waals surface area contributed by atoms with E-state index in [-0.39, 0.29) is 0 Å². The van der Waals surface area contributed by atoms with E-state index in [4.69, 9.17) is 12.2 Å². The molecule has 0 aliphatic rings. The van der Waals surface area contributed by atoms with Crippen molar-refractivity contribution in [2.24, 2.45) is 0 Å². The van der Waals surface area contributed by atoms with Crippen LogP contribution in [0.3, 0.4) is 0 Å². The smallest absolute Gasteiger partial charge is 0.133 e. The average Bonchev–Trinajstić information content (AvgIpc) is 2.49. The van der Waals surface area contributed by atoms with Crippen LogP contribution in [0.4, 0.5) is 0 Å². The van der Waals surface area contributed by atoms with Gasteiger partial charge in [0.15, 0.2) is 0 Å². The van der Waals surface area contributed by atoms with Crippen LogP contribution in [0.5, 0.6) is 0 Å². The highest BCUT2D eigenvalue weighted by Crippen LogP contribution is 2.27. The molecule has 0 unspecified atom stereocenters. The number of aromatic amines is 1. The lowest BCUT2D eigenvalue weighted by Gasteiger charge is -2.12. The fourth-order valence-electron chi connectivity index (χ4n) is 2.46. The number of nitrogens with zero attached hydrogens (tertiary/aromatic N) is 1. The Morgan fingerprint density at radius 1 is 1.05 bits per heavy atom. The molecular weight excluding hydrogens is 276 g/mol.